The summed E-state index contributed by atoms with van der Waals surface area (Å²) in [6.45, 7) is 5.30. The Morgan fingerprint density at radius 2 is 1.57 bits per heavy atom. The molecule has 2 aromatic carbocycles. The van der Waals surface area contributed by atoms with Gasteiger partial charge in [-0.15, -0.1) is 0 Å². The molecule has 0 N–H and O–H groups in total. The molecular weight excluding hydrogens is 451 g/mol. The number of halogens is 3. The van der Waals surface area contributed by atoms with Crippen LogP contribution in [0.1, 0.15) is 49.8 Å². The van der Waals surface area contributed by atoms with Crippen molar-refractivity contribution in [3.8, 4) is 0 Å². The Hall–Kier alpha value is -2.80. The molecule has 0 radical (unpaired) electrons. The number of allylic oxidation sites excluding steroid dienone is 1. The van der Waals surface area contributed by atoms with E-state index in [1.54, 1.807) is 29.2 Å². The van der Waals surface area contributed by atoms with Crippen molar-refractivity contribution in [3.63, 3.8) is 0 Å². The molecule has 4 aliphatic rings. The fourth-order valence-electron chi connectivity index (χ4n) is 6.67. The first-order chi connectivity index (χ1) is 16.6. The molecule has 1 spiro atoms. The van der Waals surface area contributed by atoms with Gasteiger partial charge < -0.3 is 9.64 Å². The average Bonchev–Trinajstić information content (AvgIpc) is 3.01. The van der Waals surface area contributed by atoms with Gasteiger partial charge in [0.15, 0.2) is 5.54 Å². The van der Waals surface area contributed by atoms with E-state index in [4.69, 9.17) is 9.73 Å². The van der Waals surface area contributed by atoms with Crippen molar-refractivity contribution in [2.75, 3.05) is 31.6 Å². The molecule has 2 unspecified atom stereocenters. The van der Waals surface area contributed by atoms with Crippen molar-refractivity contribution >= 4 is 11.4 Å². The lowest BCUT2D eigenvalue weighted by Crippen LogP contribution is -2.63. The molecular formula is C28H30F3N3O. The third kappa shape index (κ3) is 2.82. The van der Waals surface area contributed by atoms with Crippen LogP contribution in [-0.4, -0.2) is 49.2 Å². The Balaban J connectivity index is 1.57. The molecule has 1 aliphatic carbocycles. The standard InChI is InChI=1S/C28H30F3N3O/c1-25(2)21-13-7-8-14-22(21)33(3)27(25)18-32-24-19-11-5-6-12-20(19)26(28(29,30)31,17-23(24)35-27)34-15-9-4-10-16-34/h5-8,11-14,17H,4,9-10,15-16,18H2,1-3H3. The fraction of sp³-hybridized carbons (Fsp3) is 0.464. The molecule has 184 valence electrons. The first kappa shape index (κ1) is 22.7. The smallest absolute Gasteiger partial charge is 0.414 e. The molecule has 2 aromatic rings. The number of rotatable bonds is 1. The number of para-hydroxylation sites is 1. The number of ether oxygens (including phenoxy) is 1. The van der Waals surface area contributed by atoms with Crippen LogP contribution < -0.4 is 4.90 Å². The van der Waals surface area contributed by atoms with Crippen molar-refractivity contribution in [3.05, 3.63) is 77.1 Å². The number of likely N-dealkylation sites (tertiary alicyclic amines) is 1. The summed E-state index contributed by atoms with van der Waals surface area (Å²) in [5.74, 6) is 0.227. The van der Waals surface area contributed by atoms with Gasteiger partial charge in [0, 0.05) is 18.3 Å². The minimum Gasteiger partial charge on any atom is -0.463 e. The molecule has 0 aromatic heterocycles. The predicted molar refractivity (Wildman–Crippen MR) is 131 cm³/mol. The van der Waals surface area contributed by atoms with E-state index in [1.807, 2.05) is 25.2 Å². The quantitative estimate of drug-likeness (QED) is 0.518. The van der Waals surface area contributed by atoms with Crippen LogP contribution in [-0.2, 0) is 15.7 Å². The lowest BCUT2D eigenvalue weighted by Gasteiger charge is -2.51. The number of nitrogens with zero attached hydrogens (tertiary/aromatic N) is 3. The summed E-state index contributed by atoms with van der Waals surface area (Å²) >= 11 is 0. The number of benzene rings is 2. The maximum atomic E-state index is 15.2. The van der Waals surface area contributed by atoms with Crippen molar-refractivity contribution in [2.45, 2.75) is 56.0 Å². The third-order valence-corrected chi connectivity index (χ3v) is 8.64. The number of piperidine rings is 1. The molecule has 4 nitrogen and oxygen atoms in total. The van der Waals surface area contributed by atoms with E-state index in [2.05, 4.69) is 24.8 Å². The van der Waals surface area contributed by atoms with Crippen molar-refractivity contribution in [1.29, 1.82) is 0 Å². The van der Waals surface area contributed by atoms with Crippen LogP contribution in [0.25, 0.3) is 0 Å². The zero-order valence-electron chi connectivity index (χ0n) is 20.3. The second-order valence-corrected chi connectivity index (χ2v) is 10.6. The number of likely N-dealkylation sites (N-methyl/N-ethyl adjacent to an activating group) is 1. The van der Waals surface area contributed by atoms with Crippen LogP contribution in [0.3, 0.4) is 0 Å². The molecule has 0 bridgehead atoms. The van der Waals surface area contributed by atoms with Gasteiger partial charge in [0.2, 0.25) is 5.72 Å². The van der Waals surface area contributed by atoms with E-state index >= 15 is 13.2 Å². The van der Waals surface area contributed by atoms with Crippen LogP contribution in [0.5, 0.6) is 0 Å². The summed E-state index contributed by atoms with van der Waals surface area (Å²) in [5, 5.41) is 0. The largest absolute Gasteiger partial charge is 0.463 e. The highest BCUT2D eigenvalue weighted by Gasteiger charge is 2.64. The Labute approximate surface area is 204 Å². The van der Waals surface area contributed by atoms with Gasteiger partial charge in [-0.05, 0) is 63.0 Å². The summed E-state index contributed by atoms with van der Waals surface area (Å²) in [5.41, 5.74) is -0.248. The zero-order chi connectivity index (χ0) is 24.6. The highest BCUT2D eigenvalue weighted by Crippen LogP contribution is 2.56. The lowest BCUT2D eigenvalue weighted by atomic mass is 9.74. The van der Waals surface area contributed by atoms with Crippen LogP contribution in [0.2, 0.25) is 0 Å². The SMILES string of the molecule is CN1c2ccccc2C(C)(C)C12CN=C1C(=CC(N3CCCCC3)(C(F)(F)F)c3ccccc31)O2. The molecule has 2 atom stereocenters. The monoisotopic (exact) mass is 481 g/mol. The molecule has 35 heavy (non-hydrogen) atoms. The Morgan fingerprint density at radius 3 is 2.26 bits per heavy atom. The van der Waals surface area contributed by atoms with Gasteiger partial charge in [-0.2, -0.15) is 13.2 Å². The Kier molecular flexibility index (Phi) is 4.76. The predicted octanol–water partition coefficient (Wildman–Crippen LogP) is 5.77. The van der Waals surface area contributed by atoms with Crippen LogP contribution in [0.4, 0.5) is 18.9 Å². The van der Waals surface area contributed by atoms with Gasteiger partial charge in [-0.3, -0.25) is 9.89 Å². The maximum Gasteiger partial charge on any atom is 0.414 e. The lowest BCUT2D eigenvalue weighted by molar-refractivity contribution is -0.224. The van der Waals surface area contributed by atoms with E-state index in [0.29, 0.717) is 30.9 Å². The van der Waals surface area contributed by atoms with Crippen molar-refractivity contribution in [1.82, 2.24) is 4.90 Å². The second kappa shape index (κ2) is 7.36. The van der Waals surface area contributed by atoms with Crippen LogP contribution in [0, 0.1) is 0 Å². The Bertz CT molecular complexity index is 1240. The average molecular weight is 482 g/mol. The molecule has 7 heteroatoms. The summed E-state index contributed by atoms with van der Waals surface area (Å²) < 4.78 is 52.5. The summed E-state index contributed by atoms with van der Waals surface area (Å²) in [4.78, 5) is 8.60. The van der Waals surface area contributed by atoms with Gasteiger partial charge in [0.25, 0.3) is 0 Å². The first-order valence-corrected chi connectivity index (χ1v) is 12.4. The number of fused-ring (bicyclic) bond motifs is 4. The minimum absolute atomic E-state index is 0.227. The third-order valence-electron chi connectivity index (χ3n) is 8.64. The fourth-order valence-corrected chi connectivity index (χ4v) is 6.67. The summed E-state index contributed by atoms with van der Waals surface area (Å²) in [6.07, 6.45) is -0.744. The van der Waals surface area contributed by atoms with Gasteiger partial charge >= 0.3 is 6.18 Å². The summed E-state index contributed by atoms with van der Waals surface area (Å²) in [7, 11) is 1.95. The molecule has 1 saturated heterocycles. The Morgan fingerprint density at radius 1 is 0.914 bits per heavy atom. The molecule has 0 saturated carbocycles. The van der Waals surface area contributed by atoms with Crippen molar-refractivity contribution in [2.24, 2.45) is 4.99 Å². The van der Waals surface area contributed by atoms with Crippen molar-refractivity contribution < 1.29 is 17.9 Å². The van der Waals surface area contributed by atoms with Gasteiger partial charge in [-0.1, -0.05) is 48.9 Å². The van der Waals surface area contributed by atoms with E-state index in [9.17, 15) is 0 Å². The summed E-state index contributed by atoms with van der Waals surface area (Å²) in [6, 6.07) is 14.9. The molecule has 6 rings (SSSR count). The van der Waals surface area contributed by atoms with Crippen LogP contribution in [0.15, 0.2) is 65.4 Å². The van der Waals surface area contributed by atoms with E-state index in [-0.39, 0.29) is 11.3 Å². The minimum atomic E-state index is -4.52. The first-order valence-electron chi connectivity index (χ1n) is 12.4. The van der Waals surface area contributed by atoms with E-state index in [1.165, 1.54) is 6.08 Å². The normalized spacial score (nSPS) is 29.6. The van der Waals surface area contributed by atoms with Gasteiger partial charge in [-0.25, -0.2) is 0 Å². The highest BCUT2D eigenvalue weighted by molar-refractivity contribution is 6.14. The molecule has 0 amide bonds. The molecule has 3 aliphatic heterocycles. The van der Waals surface area contributed by atoms with Crippen LogP contribution >= 0.6 is 0 Å². The number of alkyl halides is 3. The zero-order valence-corrected chi connectivity index (χ0v) is 20.3. The van der Waals surface area contributed by atoms with E-state index in [0.717, 1.165) is 30.5 Å². The molecule has 3 heterocycles. The number of hydrogen-bond acceptors (Lipinski definition) is 4. The highest BCUT2D eigenvalue weighted by atomic mass is 19.4. The maximum absolute atomic E-state index is 15.2. The molecule has 1 fully saturated rings. The number of anilines is 1. The second-order valence-electron chi connectivity index (χ2n) is 10.6. The van der Waals surface area contributed by atoms with Gasteiger partial charge in [0.1, 0.15) is 11.5 Å². The number of aliphatic imine (C=N–C) groups is 1. The topological polar surface area (TPSA) is 28.1 Å². The van der Waals surface area contributed by atoms with E-state index < -0.39 is 22.9 Å². The number of hydrogen-bond donors (Lipinski definition) is 0. The van der Waals surface area contributed by atoms with Gasteiger partial charge in [0.05, 0.1) is 12.0 Å².